The first-order valence-corrected chi connectivity index (χ1v) is 7.51. The van der Waals surface area contributed by atoms with E-state index >= 15 is 0 Å². The zero-order chi connectivity index (χ0) is 15.0. The average molecular weight is 309 g/mol. The molecule has 2 saturated carbocycles. The minimum atomic E-state index is -1.11. The van der Waals surface area contributed by atoms with Crippen LogP contribution in [-0.2, 0) is 0 Å². The summed E-state index contributed by atoms with van der Waals surface area (Å²) >= 11 is 5.80. The van der Waals surface area contributed by atoms with Gasteiger partial charge in [-0.25, -0.2) is 9.59 Å². The molecule has 3 atom stereocenters. The van der Waals surface area contributed by atoms with E-state index in [1.54, 1.807) is 6.07 Å². The van der Waals surface area contributed by atoms with Gasteiger partial charge in [0.2, 0.25) is 0 Å². The van der Waals surface area contributed by atoms with Crippen LogP contribution in [-0.4, -0.2) is 23.1 Å². The second-order valence-electron chi connectivity index (χ2n) is 5.88. The summed E-state index contributed by atoms with van der Waals surface area (Å²) in [6.07, 6.45) is 4.75. The topological polar surface area (TPSA) is 78.4 Å². The summed E-state index contributed by atoms with van der Waals surface area (Å²) in [5, 5.41) is 14.8. The van der Waals surface area contributed by atoms with Gasteiger partial charge < -0.3 is 15.7 Å². The fourth-order valence-corrected chi connectivity index (χ4v) is 3.72. The molecule has 6 heteroatoms. The van der Waals surface area contributed by atoms with E-state index < -0.39 is 5.97 Å². The van der Waals surface area contributed by atoms with Crippen molar-refractivity contribution in [1.29, 1.82) is 0 Å². The number of hydrogen-bond donors (Lipinski definition) is 3. The molecule has 0 radical (unpaired) electrons. The predicted octanol–water partition coefficient (Wildman–Crippen LogP) is 3.35. The number of carboxylic acid groups (broad SMARTS) is 1. The highest BCUT2D eigenvalue weighted by atomic mass is 35.5. The van der Waals surface area contributed by atoms with Gasteiger partial charge in [0.25, 0.3) is 0 Å². The van der Waals surface area contributed by atoms with Crippen molar-refractivity contribution >= 4 is 29.3 Å². The molecular weight excluding hydrogens is 292 g/mol. The van der Waals surface area contributed by atoms with Crippen molar-refractivity contribution in [2.24, 2.45) is 11.8 Å². The number of halogens is 1. The molecule has 0 spiro atoms. The Bertz CT molecular complexity index is 590. The Balaban J connectivity index is 1.62. The molecule has 0 aromatic heterocycles. The summed E-state index contributed by atoms with van der Waals surface area (Å²) in [4.78, 5) is 23.0. The maximum Gasteiger partial charge on any atom is 0.337 e. The number of urea groups is 1. The number of fused-ring (bicyclic) bond motifs is 2. The third-order valence-corrected chi connectivity index (χ3v) is 4.84. The largest absolute Gasteiger partial charge is 0.478 e. The molecule has 3 rings (SSSR count). The van der Waals surface area contributed by atoms with Crippen LogP contribution >= 0.6 is 11.6 Å². The van der Waals surface area contributed by atoms with Crippen LogP contribution in [0.15, 0.2) is 18.2 Å². The first kappa shape index (κ1) is 14.2. The van der Waals surface area contributed by atoms with Crippen LogP contribution in [0.3, 0.4) is 0 Å². The standard InChI is InChI=1S/C15H17ClN2O3/c16-12-4-3-10(7-11(12)14(19)20)17-15(21)18-13-6-8-1-2-9(13)5-8/h3-4,7-9,13H,1-2,5-6H2,(H,19,20)(H2,17,18,21). The average Bonchev–Trinajstić information content (AvgIpc) is 3.03. The predicted molar refractivity (Wildman–Crippen MR) is 79.8 cm³/mol. The van der Waals surface area contributed by atoms with Gasteiger partial charge in [-0.2, -0.15) is 0 Å². The SMILES string of the molecule is O=C(Nc1ccc(Cl)c(C(=O)O)c1)NC1CC2CCC1C2. The Morgan fingerprint density at radius 1 is 1.24 bits per heavy atom. The van der Waals surface area contributed by atoms with Crippen LogP contribution in [0, 0.1) is 11.8 Å². The minimum Gasteiger partial charge on any atom is -0.478 e. The van der Waals surface area contributed by atoms with Crippen LogP contribution in [0.25, 0.3) is 0 Å². The highest BCUT2D eigenvalue weighted by molar-refractivity contribution is 6.33. The molecule has 0 aliphatic heterocycles. The Morgan fingerprint density at radius 2 is 2.05 bits per heavy atom. The van der Waals surface area contributed by atoms with Gasteiger partial charge in [-0.3, -0.25) is 0 Å². The van der Waals surface area contributed by atoms with Gasteiger partial charge >= 0.3 is 12.0 Å². The van der Waals surface area contributed by atoms with Crippen molar-refractivity contribution in [1.82, 2.24) is 5.32 Å². The van der Waals surface area contributed by atoms with E-state index in [-0.39, 0.29) is 22.7 Å². The number of carbonyl (C=O) groups is 2. The lowest BCUT2D eigenvalue weighted by atomic mass is 9.95. The van der Waals surface area contributed by atoms with Gasteiger partial charge in [0, 0.05) is 11.7 Å². The molecule has 2 bridgehead atoms. The number of anilines is 1. The van der Waals surface area contributed by atoms with Crippen LogP contribution in [0.4, 0.5) is 10.5 Å². The second kappa shape index (κ2) is 5.56. The van der Waals surface area contributed by atoms with Crippen LogP contribution in [0.1, 0.15) is 36.0 Å². The summed E-state index contributed by atoms with van der Waals surface area (Å²) in [5.41, 5.74) is 0.409. The van der Waals surface area contributed by atoms with E-state index in [2.05, 4.69) is 10.6 Å². The number of carboxylic acids is 1. The minimum absolute atomic E-state index is 0.0191. The van der Waals surface area contributed by atoms with Crippen LogP contribution in [0.5, 0.6) is 0 Å². The van der Waals surface area contributed by atoms with Gasteiger partial charge in [-0.15, -0.1) is 0 Å². The van der Waals surface area contributed by atoms with Crippen molar-refractivity contribution in [3.8, 4) is 0 Å². The van der Waals surface area contributed by atoms with E-state index in [9.17, 15) is 9.59 Å². The fourth-order valence-electron chi connectivity index (χ4n) is 3.52. The summed E-state index contributed by atoms with van der Waals surface area (Å²) in [7, 11) is 0. The smallest absolute Gasteiger partial charge is 0.337 e. The van der Waals surface area contributed by atoms with E-state index in [1.807, 2.05) is 0 Å². The van der Waals surface area contributed by atoms with Crippen molar-refractivity contribution in [3.63, 3.8) is 0 Å². The highest BCUT2D eigenvalue weighted by Gasteiger charge is 2.40. The Labute approximate surface area is 127 Å². The quantitative estimate of drug-likeness (QED) is 0.801. The molecule has 0 saturated heterocycles. The molecular formula is C15H17ClN2O3. The maximum atomic E-state index is 12.0. The Morgan fingerprint density at radius 3 is 2.67 bits per heavy atom. The zero-order valence-electron chi connectivity index (χ0n) is 11.4. The van der Waals surface area contributed by atoms with Crippen LogP contribution in [0.2, 0.25) is 5.02 Å². The Hall–Kier alpha value is -1.75. The lowest BCUT2D eigenvalue weighted by Gasteiger charge is -2.23. The van der Waals surface area contributed by atoms with Gasteiger partial charge in [0.15, 0.2) is 0 Å². The van der Waals surface area contributed by atoms with E-state index in [1.165, 1.54) is 31.4 Å². The third-order valence-electron chi connectivity index (χ3n) is 4.51. The molecule has 0 heterocycles. The number of benzene rings is 1. The molecule has 2 fully saturated rings. The normalized spacial score (nSPS) is 26.6. The number of rotatable bonds is 3. The Kier molecular flexibility index (Phi) is 3.76. The lowest BCUT2D eigenvalue weighted by Crippen LogP contribution is -2.41. The molecule has 5 nitrogen and oxygen atoms in total. The molecule has 1 aromatic rings. The molecule has 3 unspecified atom stereocenters. The third kappa shape index (κ3) is 2.97. The molecule has 21 heavy (non-hydrogen) atoms. The second-order valence-corrected chi connectivity index (χ2v) is 6.29. The van der Waals surface area contributed by atoms with Crippen molar-refractivity contribution < 1.29 is 14.7 Å². The molecule has 2 aliphatic carbocycles. The van der Waals surface area contributed by atoms with Gasteiger partial charge in [-0.05, 0) is 49.3 Å². The first-order valence-electron chi connectivity index (χ1n) is 7.13. The lowest BCUT2D eigenvalue weighted by molar-refractivity contribution is 0.0697. The van der Waals surface area contributed by atoms with Gasteiger partial charge in [0.05, 0.1) is 10.6 Å². The molecule has 2 amide bonds. The fraction of sp³-hybridized carbons (Fsp3) is 0.467. The maximum absolute atomic E-state index is 12.0. The number of hydrogen-bond acceptors (Lipinski definition) is 2. The molecule has 1 aromatic carbocycles. The first-order chi connectivity index (χ1) is 10.0. The van der Waals surface area contributed by atoms with Gasteiger partial charge in [-0.1, -0.05) is 18.0 Å². The van der Waals surface area contributed by atoms with E-state index in [4.69, 9.17) is 16.7 Å². The number of amides is 2. The number of nitrogens with one attached hydrogen (secondary N) is 2. The molecule has 2 aliphatic rings. The monoisotopic (exact) mass is 308 g/mol. The van der Waals surface area contributed by atoms with Crippen molar-refractivity contribution in [3.05, 3.63) is 28.8 Å². The summed E-state index contributed by atoms with van der Waals surface area (Å²) in [6.45, 7) is 0. The van der Waals surface area contributed by atoms with E-state index in [0.717, 1.165) is 12.3 Å². The summed E-state index contributed by atoms with van der Waals surface area (Å²) in [5.74, 6) is 0.243. The molecule has 3 N–H and O–H groups in total. The van der Waals surface area contributed by atoms with Crippen molar-refractivity contribution in [2.75, 3.05) is 5.32 Å². The van der Waals surface area contributed by atoms with Crippen molar-refractivity contribution in [2.45, 2.75) is 31.7 Å². The summed E-state index contributed by atoms with van der Waals surface area (Å²) in [6, 6.07) is 4.39. The highest BCUT2D eigenvalue weighted by Crippen LogP contribution is 2.44. The van der Waals surface area contributed by atoms with E-state index in [0.29, 0.717) is 11.6 Å². The summed E-state index contributed by atoms with van der Waals surface area (Å²) < 4.78 is 0. The number of aromatic carboxylic acids is 1. The zero-order valence-corrected chi connectivity index (χ0v) is 12.2. The number of carbonyl (C=O) groups excluding carboxylic acids is 1. The van der Waals surface area contributed by atoms with Gasteiger partial charge in [0.1, 0.15) is 0 Å². The molecule has 112 valence electrons. The van der Waals surface area contributed by atoms with Crippen LogP contribution < -0.4 is 10.6 Å².